The third kappa shape index (κ3) is 4.69. The minimum atomic E-state index is -0.861. The van der Waals surface area contributed by atoms with Crippen molar-refractivity contribution in [1.29, 1.82) is 0 Å². The topological polar surface area (TPSA) is 58.6 Å². The molecule has 2 N–H and O–H groups in total. The molecule has 1 amide bonds. The van der Waals surface area contributed by atoms with Gasteiger partial charge in [0.1, 0.15) is 5.75 Å². The van der Waals surface area contributed by atoms with E-state index >= 15 is 0 Å². The minimum absolute atomic E-state index is 0.217. The second kappa shape index (κ2) is 7.50. The molecule has 0 saturated heterocycles. The van der Waals surface area contributed by atoms with Crippen molar-refractivity contribution in [1.82, 2.24) is 5.32 Å². The smallest absolute Gasteiger partial charge is 0.260 e. The Balaban J connectivity index is 2.54. The lowest BCUT2D eigenvalue weighted by molar-refractivity contribution is -0.128. The highest BCUT2D eigenvalue weighted by Crippen LogP contribution is 2.24. The first kappa shape index (κ1) is 16.8. The number of aliphatic hydroxyl groups is 1. The van der Waals surface area contributed by atoms with E-state index in [0.717, 1.165) is 0 Å². The maximum atomic E-state index is 11.9. The van der Waals surface area contributed by atoms with Crippen molar-refractivity contribution in [3.8, 4) is 5.75 Å². The molecular weight excluding hydrogens is 278 g/mol. The van der Waals surface area contributed by atoms with Crippen LogP contribution in [-0.2, 0) is 4.79 Å². The van der Waals surface area contributed by atoms with Crippen molar-refractivity contribution in [3.05, 3.63) is 29.3 Å². The average molecular weight is 300 g/mol. The molecule has 0 aromatic heterocycles. The standard InChI is InChI=1S/C15H22ClNO3/c1-4-15(19,5-2)10-17-14(18)11(3)20-13-9-7-6-8-12(13)16/h6-9,11,19H,4-5,10H2,1-3H3,(H,17,18). The van der Waals surface area contributed by atoms with Crippen LogP contribution in [0.1, 0.15) is 33.6 Å². The van der Waals surface area contributed by atoms with E-state index in [9.17, 15) is 9.90 Å². The second-order valence-corrected chi connectivity index (χ2v) is 5.25. The fourth-order valence-electron chi connectivity index (χ4n) is 1.68. The number of amides is 1. The van der Waals surface area contributed by atoms with E-state index in [2.05, 4.69) is 5.32 Å². The Hall–Kier alpha value is -1.26. The number of nitrogens with one attached hydrogen (secondary N) is 1. The second-order valence-electron chi connectivity index (χ2n) is 4.84. The molecule has 0 aliphatic carbocycles. The van der Waals surface area contributed by atoms with Gasteiger partial charge in [0.2, 0.25) is 0 Å². The van der Waals surface area contributed by atoms with Crippen LogP contribution in [0, 0.1) is 0 Å². The SMILES string of the molecule is CCC(O)(CC)CNC(=O)C(C)Oc1ccccc1Cl. The maximum Gasteiger partial charge on any atom is 0.260 e. The first-order chi connectivity index (χ1) is 9.41. The van der Waals surface area contributed by atoms with Crippen molar-refractivity contribution in [2.24, 2.45) is 0 Å². The fraction of sp³-hybridized carbons (Fsp3) is 0.533. The number of para-hydroxylation sites is 1. The summed E-state index contributed by atoms with van der Waals surface area (Å²) in [5.74, 6) is 0.198. The molecular formula is C15H22ClNO3. The van der Waals surface area contributed by atoms with E-state index in [4.69, 9.17) is 16.3 Å². The summed E-state index contributed by atoms with van der Waals surface area (Å²) >= 11 is 5.97. The summed E-state index contributed by atoms with van der Waals surface area (Å²) in [5.41, 5.74) is -0.861. The molecule has 1 atom stereocenters. The number of hydrogen-bond acceptors (Lipinski definition) is 3. The molecule has 0 aliphatic heterocycles. The largest absolute Gasteiger partial charge is 0.479 e. The Bertz CT molecular complexity index is 446. The zero-order valence-corrected chi connectivity index (χ0v) is 12.9. The molecule has 1 aromatic carbocycles. The van der Waals surface area contributed by atoms with Crippen molar-refractivity contribution in [3.63, 3.8) is 0 Å². The van der Waals surface area contributed by atoms with E-state index in [-0.39, 0.29) is 12.5 Å². The predicted molar refractivity (Wildman–Crippen MR) is 80.1 cm³/mol. The minimum Gasteiger partial charge on any atom is -0.479 e. The number of hydrogen-bond donors (Lipinski definition) is 2. The van der Waals surface area contributed by atoms with Crippen molar-refractivity contribution in [2.45, 2.75) is 45.3 Å². The van der Waals surface area contributed by atoms with Crippen LogP contribution in [-0.4, -0.2) is 29.3 Å². The Kier molecular flexibility index (Phi) is 6.30. The quantitative estimate of drug-likeness (QED) is 0.814. The molecule has 0 spiro atoms. The first-order valence-corrected chi connectivity index (χ1v) is 7.21. The highest BCUT2D eigenvalue weighted by molar-refractivity contribution is 6.32. The third-order valence-electron chi connectivity index (χ3n) is 3.42. The van der Waals surface area contributed by atoms with Crippen molar-refractivity contribution in [2.75, 3.05) is 6.54 Å². The van der Waals surface area contributed by atoms with Crippen LogP contribution in [0.3, 0.4) is 0 Å². The summed E-state index contributed by atoms with van der Waals surface area (Å²) in [6, 6.07) is 7.00. The molecule has 0 bridgehead atoms. The highest BCUT2D eigenvalue weighted by atomic mass is 35.5. The summed E-state index contributed by atoms with van der Waals surface area (Å²) < 4.78 is 5.51. The first-order valence-electron chi connectivity index (χ1n) is 6.83. The molecule has 0 saturated carbocycles. The lowest BCUT2D eigenvalue weighted by atomic mass is 9.97. The third-order valence-corrected chi connectivity index (χ3v) is 3.73. The molecule has 1 rings (SSSR count). The van der Waals surface area contributed by atoms with Gasteiger partial charge < -0.3 is 15.2 Å². The molecule has 4 nitrogen and oxygen atoms in total. The van der Waals surface area contributed by atoms with Gasteiger partial charge in [0, 0.05) is 6.54 Å². The molecule has 1 aromatic rings. The monoisotopic (exact) mass is 299 g/mol. The average Bonchev–Trinajstić information content (AvgIpc) is 2.46. The Morgan fingerprint density at radius 2 is 2.00 bits per heavy atom. The van der Waals surface area contributed by atoms with Gasteiger partial charge in [-0.3, -0.25) is 4.79 Å². The Morgan fingerprint density at radius 1 is 1.40 bits per heavy atom. The van der Waals surface area contributed by atoms with Crippen LogP contribution in [0.4, 0.5) is 0 Å². The van der Waals surface area contributed by atoms with Gasteiger partial charge in [-0.15, -0.1) is 0 Å². The molecule has 1 unspecified atom stereocenters. The van der Waals surface area contributed by atoms with Gasteiger partial charge >= 0.3 is 0 Å². The number of halogens is 1. The number of benzene rings is 1. The molecule has 0 fully saturated rings. The normalized spacial score (nSPS) is 12.8. The molecule has 0 aliphatic rings. The van der Waals surface area contributed by atoms with E-state index < -0.39 is 11.7 Å². The Morgan fingerprint density at radius 3 is 2.55 bits per heavy atom. The van der Waals surface area contributed by atoms with Crippen LogP contribution in [0.5, 0.6) is 5.75 Å². The summed E-state index contributed by atoms with van der Waals surface area (Å²) in [6.45, 7) is 5.64. The van der Waals surface area contributed by atoms with Gasteiger partial charge in [0.25, 0.3) is 5.91 Å². The number of carbonyl (C=O) groups excluding carboxylic acids is 1. The van der Waals surface area contributed by atoms with Crippen LogP contribution < -0.4 is 10.1 Å². The van der Waals surface area contributed by atoms with Crippen LogP contribution in [0.2, 0.25) is 5.02 Å². The van der Waals surface area contributed by atoms with Gasteiger partial charge in [-0.1, -0.05) is 37.6 Å². The summed E-state index contributed by atoms with van der Waals surface area (Å²) in [4.78, 5) is 11.9. The van der Waals surface area contributed by atoms with Gasteiger partial charge in [-0.05, 0) is 31.9 Å². The molecule has 0 radical (unpaired) electrons. The summed E-state index contributed by atoms with van der Waals surface area (Å²) in [6.07, 6.45) is 0.500. The maximum absolute atomic E-state index is 11.9. The van der Waals surface area contributed by atoms with E-state index in [1.54, 1.807) is 31.2 Å². The van der Waals surface area contributed by atoms with Gasteiger partial charge in [0.05, 0.1) is 10.6 Å². The van der Waals surface area contributed by atoms with Crippen molar-refractivity contribution < 1.29 is 14.6 Å². The van der Waals surface area contributed by atoms with E-state index in [1.807, 2.05) is 13.8 Å². The van der Waals surface area contributed by atoms with Crippen LogP contribution >= 0.6 is 11.6 Å². The van der Waals surface area contributed by atoms with E-state index in [0.29, 0.717) is 23.6 Å². The molecule has 5 heteroatoms. The number of rotatable bonds is 7. The van der Waals surface area contributed by atoms with Gasteiger partial charge in [-0.2, -0.15) is 0 Å². The van der Waals surface area contributed by atoms with Crippen LogP contribution in [0.15, 0.2) is 24.3 Å². The summed E-state index contributed by atoms with van der Waals surface area (Å²) in [5, 5.41) is 13.3. The zero-order chi connectivity index (χ0) is 15.2. The van der Waals surface area contributed by atoms with Crippen molar-refractivity contribution >= 4 is 17.5 Å². The fourth-order valence-corrected chi connectivity index (χ4v) is 1.86. The van der Waals surface area contributed by atoms with Crippen LogP contribution in [0.25, 0.3) is 0 Å². The van der Waals surface area contributed by atoms with Gasteiger partial charge in [-0.25, -0.2) is 0 Å². The highest BCUT2D eigenvalue weighted by Gasteiger charge is 2.24. The lowest BCUT2D eigenvalue weighted by Crippen LogP contribution is -2.46. The summed E-state index contributed by atoms with van der Waals surface area (Å²) in [7, 11) is 0. The molecule has 0 heterocycles. The zero-order valence-electron chi connectivity index (χ0n) is 12.1. The van der Waals surface area contributed by atoms with Gasteiger partial charge in [0.15, 0.2) is 6.10 Å². The lowest BCUT2D eigenvalue weighted by Gasteiger charge is -2.26. The predicted octanol–water partition coefficient (Wildman–Crippen LogP) is 2.77. The number of carbonyl (C=O) groups is 1. The Labute approximate surface area is 125 Å². The van der Waals surface area contributed by atoms with E-state index in [1.165, 1.54) is 0 Å². The molecule has 20 heavy (non-hydrogen) atoms. The number of ether oxygens (including phenoxy) is 1. The molecule has 112 valence electrons.